The molecular weight excluding hydrogens is 464 g/mol. The van der Waals surface area contributed by atoms with Crippen LogP contribution in [0.15, 0.2) is 53.4 Å². The van der Waals surface area contributed by atoms with E-state index in [1.807, 2.05) is 29.0 Å². The van der Waals surface area contributed by atoms with Gasteiger partial charge in [0.2, 0.25) is 5.75 Å². The molecule has 33 heavy (non-hydrogen) atoms. The van der Waals surface area contributed by atoms with Gasteiger partial charge in [-0.3, -0.25) is 0 Å². The van der Waals surface area contributed by atoms with Crippen molar-refractivity contribution >= 4 is 29.0 Å². The number of carboxylic acids is 1. The maximum absolute atomic E-state index is 11.6. The molecule has 4 aromatic rings. The topological polar surface area (TPSA) is 100 Å². The zero-order valence-corrected chi connectivity index (χ0v) is 20.0. The van der Waals surface area contributed by atoms with Gasteiger partial charge in [-0.05, 0) is 59.0 Å². The largest absolute Gasteiger partial charge is 0.496 e. The average molecular weight is 487 g/mol. The molecule has 0 aliphatic rings. The van der Waals surface area contributed by atoms with Gasteiger partial charge in [-0.1, -0.05) is 6.07 Å². The number of carboxylic acid groups (broad SMARTS) is 1. The third-order valence-corrected chi connectivity index (χ3v) is 5.75. The number of hydrogen-bond donors (Lipinski definition) is 1. The van der Waals surface area contributed by atoms with Gasteiger partial charge in [0, 0.05) is 28.1 Å². The highest BCUT2D eigenvalue weighted by Gasteiger charge is 2.19. The van der Waals surface area contributed by atoms with Crippen molar-refractivity contribution < 1.29 is 28.8 Å². The maximum atomic E-state index is 11.6. The van der Waals surface area contributed by atoms with Crippen LogP contribution in [0.3, 0.4) is 0 Å². The summed E-state index contributed by atoms with van der Waals surface area (Å²) in [5.74, 6) is 0.752. The van der Waals surface area contributed by atoms with Crippen molar-refractivity contribution in [2.45, 2.75) is 0 Å². The smallest absolute Gasteiger partial charge is 0.339 e. The summed E-state index contributed by atoms with van der Waals surface area (Å²) < 4.78 is 29.6. The Bertz CT molecular complexity index is 1170. The van der Waals surface area contributed by atoms with E-state index in [2.05, 4.69) is 8.75 Å². The highest BCUT2D eigenvalue weighted by Crippen LogP contribution is 2.43. The lowest BCUT2D eigenvalue weighted by atomic mass is 9.99. The molecule has 0 bridgehead atoms. The van der Waals surface area contributed by atoms with Gasteiger partial charge in [-0.2, -0.15) is 4.37 Å². The summed E-state index contributed by atoms with van der Waals surface area (Å²) in [4.78, 5) is 11.6. The lowest BCUT2D eigenvalue weighted by molar-refractivity contribution is 0.0693. The third kappa shape index (κ3) is 5.41. The van der Waals surface area contributed by atoms with E-state index in [-0.39, 0.29) is 5.56 Å². The van der Waals surface area contributed by atoms with E-state index in [1.165, 1.54) is 30.2 Å². The molecule has 10 heteroatoms. The van der Waals surface area contributed by atoms with Crippen molar-refractivity contribution in [3.63, 3.8) is 0 Å². The van der Waals surface area contributed by atoms with Crippen LogP contribution in [0.4, 0.5) is 0 Å². The van der Waals surface area contributed by atoms with E-state index < -0.39 is 5.97 Å². The lowest BCUT2D eigenvalue weighted by Gasteiger charge is -2.14. The van der Waals surface area contributed by atoms with Crippen LogP contribution in [0.25, 0.3) is 22.4 Å². The molecule has 0 unspecified atom stereocenters. The summed E-state index contributed by atoms with van der Waals surface area (Å²) in [5.41, 5.74) is 3.05. The molecule has 0 amide bonds. The second kappa shape index (κ2) is 11.3. The summed E-state index contributed by atoms with van der Waals surface area (Å²) >= 11 is 2.74. The predicted molar refractivity (Wildman–Crippen MR) is 128 cm³/mol. The summed E-state index contributed by atoms with van der Waals surface area (Å²) in [7, 11) is 6.07. The molecule has 0 aliphatic heterocycles. The van der Waals surface area contributed by atoms with Gasteiger partial charge in [0.15, 0.2) is 11.5 Å². The Kier molecular flexibility index (Phi) is 8.22. The highest BCUT2D eigenvalue weighted by molar-refractivity contribution is 7.04. The molecule has 0 saturated heterocycles. The Morgan fingerprint density at radius 2 is 1.58 bits per heavy atom. The molecule has 0 radical (unpaired) electrons. The first-order valence-electron chi connectivity index (χ1n) is 9.54. The van der Waals surface area contributed by atoms with E-state index in [4.69, 9.17) is 18.9 Å². The Balaban J connectivity index is 0.000000541. The van der Waals surface area contributed by atoms with Crippen LogP contribution >= 0.6 is 23.1 Å². The minimum Gasteiger partial charge on any atom is -0.496 e. The van der Waals surface area contributed by atoms with Gasteiger partial charge < -0.3 is 24.1 Å². The molecule has 2 aromatic heterocycles. The molecule has 172 valence electrons. The first-order chi connectivity index (χ1) is 16.0. The molecule has 0 saturated carbocycles. The van der Waals surface area contributed by atoms with Gasteiger partial charge in [0.25, 0.3) is 0 Å². The van der Waals surface area contributed by atoms with Crippen molar-refractivity contribution in [2.75, 3.05) is 28.4 Å². The van der Waals surface area contributed by atoms with Crippen LogP contribution in [-0.2, 0) is 0 Å². The standard InChI is InChI=1S/C20H19NO6S.C3H3NS/c1-24-15-6-5-11(7-13(15)20(22)23)14-10-28-21-18(14)12-8-16(25-2)19(27-4)17(9-12)26-3;1-2-4-5-3-1/h5-10H,1-4H3,(H,22,23);1-3H. The molecule has 0 atom stereocenters. The van der Waals surface area contributed by atoms with Crippen molar-refractivity contribution in [3.05, 3.63) is 58.9 Å². The van der Waals surface area contributed by atoms with E-state index in [9.17, 15) is 9.90 Å². The fraction of sp³-hybridized carbons (Fsp3) is 0.174. The van der Waals surface area contributed by atoms with E-state index in [0.717, 1.165) is 16.7 Å². The minimum atomic E-state index is -1.06. The number of aromatic carboxylic acids is 1. The van der Waals surface area contributed by atoms with Crippen molar-refractivity contribution in [1.29, 1.82) is 0 Å². The number of rotatable bonds is 7. The minimum absolute atomic E-state index is 0.0852. The van der Waals surface area contributed by atoms with Gasteiger partial charge in [-0.15, -0.1) is 0 Å². The second-order valence-electron chi connectivity index (χ2n) is 6.40. The quantitative estimate of drug-likeness (QED) is 0.373. The fourth-order valence-electron chi connectivity index (χ4n) is 3.09. The van der Waals surface area contributed by atoms with Crippen LogP contribution in [0.1, 0.15) is 10.4 Å². The zero-order chi connectivity index (χ0) is 23.8. The fourth-order valence-corrected chi connectivity index (χ4v) is 4.15. The van der Waals surface area contributed by atoms with Crippen LogP contribution in [0, 0.1) is 0 Å². The Hall–Kier alpha value is -3.63. The van der Waals surface area contributed by atoms with E-state index in [1.54, 1.807) is 45.7 Å². The van der Waals surface area contributed by atoms with Crippen molar-refractivity contribution in [3.8, 4) is 45.4 Å². The van der Waals surface area contributed by atoms with E-state index >= 15 is 0 Å². The number of methoxy groups -OCH3 is 4. The molecule has 4 rings (SSSR count). The zero-order valence-electron chi connectivity index (χ0n) is 18.4. The van der Waals surface area contributed by atoms with Crippen LogP contribution in [0.5, 0.6) is 23.0 Å². The van der Waals surface area contributed by atoms with Crippen LogP contribution < -0.4 is 18.9 Å². The van der Waals surface area contributed by atoms with Crippen molar-refractivity contribution in [1.82, 2.24) is 8.75 Å². The Labute approximate surface area is 199 Å². The van der Waals surface area contributed by atoms with Crippen molar-refractivity contribution in [2.24, 2.45) is 0 Å². The van der Waals surface area contributed by atoms with Gasteiger partial charge in [0.05, 0.1) is 34.1 Å². The number of aromatic nitrogens is 2. The SMILES string of the molecule is COc1ccc(-c2csnc2-c2cc(OC)c(OC)c(OC)c2)cc1C(=O)O.c1cnsc1. The maximum Gasteiger partial charge on any atom is 0.339 e. The molecule has 2 heterocycles. The molecule has 0 fully saturated rings. The van der Waals surface area contributed by atoms with E-state index in [0.29, 0.717) is 28.7 Å². The summed E-state index contributed by atoms with van der Waals surface area (Å²) in [5, 5.41) is 13.3. The second-order valence-corrected chi connectivity index (χ2v) is 7.72. The Morgan fingerprint density at radius 3 is 2.06 bits per heavy atom. The van der Waals surface area contributed by atoms with Gasteiger partial charge >= 0.3 is 5.97 Å². The summed E-state index contributed by atoms with van der Waals surface area (Å²) in [6.07, 6.45) is 1.77. The summed E-state index contributed by atoms with van der Waals surface area (Å²) in [6, 6.07) is 10.5. The normalized spacial score (nSPS) is 10.1. The van der Waals surface area contributed by atoms with Crippen LogP contribution in [-0.4, -0.2) is 48.3 Å². The molecular formula is C23H22N2O6S2. The molecule has 0 spiro atoms. The number of ether oxygens (including phenoxy) is 4. The Morgan fingerprint density at radius 1 is 0.879 bits per heavy atom. The number of nitrogens with zero attached hydrogens (tertiary/aromatic N) is 2. The molecule has 2 aromatic carbocycles. The molecule has 1 N–H and O–H groups in total. The highest BCUT2D eigenvalue weighted by atomic mass is 32.1. The molecule has 8 nitrogen and oxygen atoms in total. The molecule has 0 aliphatic carbocycles. The van der Waals surface area contributed by atoms with Gasteiger partial charge in [-0.25, -0.2) is 9.17 Å². The van der Waals surface area contributed by atoms with Gasteiger partial charge in [0.1, 0.15) is 11.3 Å². The number of hydrogen-bond acceptors (Lipinski definition) is 9. The summed E-state index contributed by atoms with van der Waals surface area (Å²) in [6.45, 7) is 0. The monoisotopic (exact) mass is 486 g/mol. The lowest BCUT2D eigenvalue weighted by Crippen LogP contribution is -2.00. The predicted octanol–water partition coefficient (Wildman–Crippen LogP) is 5.35. The average Bonchev–Trinajstić information content (AvgIpc) is 3.58. The number of carbonyl (C=O) groups is 1. The first-order valence-corrected chi connectivity index (χ1v) is 11.2. The third-order valence-electron chi connectivity index (χ3n) is 4.60. The van der Waals surface area contributed by atoms with Crippen LogP contribution in [0.2, 0.25) is 0 Å². The number of benzene rings is 2. The first kappa shape index (κ1) is 24.0.